The molecule has 0 aliphatic heterocycles. The van der Waals surface area contributed by atoms with E-state index in [1.807, 2.05) is 0 Å². The lowest BCUT2D eigenvalue weighted by atomic mass is 10.1. The number of carbonyl (C=O) groups is 2. The molecule has 9 nitrogen and oxygen atoms in total. The highest BCUT2D eigenvalue weighted by molar-refractivity contribution is 7.22. The second-order valence-electron chi connectivity index (χ2n) is 9.60. The van der Waals surface area contributed by atoms with Crippen LogP contribution in [0.2, 0.25) is 15.1 Å². The van der Waals surface area contributed by atoms with Gasteiger partial charge in [0.05, 0.1) is 42.5 Å². The van der Waals surface area contributed by atoms with Crippen molar-refractivity contribution in [3.05, 3.63) is 80.8 Å². The number of carbonyl (C=O) groups excluding carboxylic acids is 2. The second-order valence-corrected chi connectivity index (χ2v) is 11.9. The molecule has 2 aromatic heterocycles. The van der Waals surface area contributed by atoms with E-state index in [0.29, 0.717) is 43.5 Å². The Bertz CT molecular complexity index is 1950. The first-order valence-corrected chi connectivity index (χ1v) is 14.8. The fraction of sp³-hybridized carbons (Fsp3) is 0.172. The first kappa shape index (κ1) is 31.5. The molecule has 3 N–H and O–H groups in total. The molecule has 0 spiro atoms. The molecule has 0 radical (unpaired) electrons. The Morgan fingerprint density at radius 2 is 1.86 bits per heavy atom. The first-order valence-electron chi connectivity index (χ1n) is 12.9. The van der Waals surface area contributed by atoms with Gasteiger partial charge >= 0.3 is 0 Å². The Hall–Kier alpha value is -3.97. The van der Waals surface area contributed by atoms with E-state index in [9.17, 15) is 18.4 Å². The van der Waals surface area contributed by atoms with Gasteiger partial charge in [-0.1, -0.05) is 58.8 Å². The van der Waals surface area contributed by atoms with Crippen LogP contribution >= 0.6 is 46.1 Å². The van der Waals surface area contributed by atoms with Gasteiger partial charge in [0.25, 0.3) is 12.3 Å². The molecule has 0 aliphatic carbocycles. The molecule has 2 amide bonds. The maximum Gasteiger partial charge on any atom is 0.272 e. The summed E-state index contributed by atoms with van der Waals surface area (Å²) in [5, 5.41) is 9.89. The van der Waals surface area contributed by atoms with Crippen LogP contribution in [0.3, 0.4) is 0 Å². The van der Waals surface area contributed by atoms with Crippen LogP contribution in [0.25, 0.3) is 21.3 Å². The minimum Gasteiger partial charge on any atom is -0.487 e. The highest BCUT2D eigenvalue weighted by atomic mass is 35.5. The lowest BCUT2D eigenvalue weighted by Gasteiger charge is -2.14. The summed E-state index contributed by atoms with van der Waals surface area (Å²) in [5.41, 5.74) is 2.72. The molecule has 0 bridgehead atoms. The zero-order chi connectivity index (χ0) is 31.7. The third-order valence-corrected chi connectivity index (χ3v) is 8.31. The molecule has 5 aromatic rings. The number of hydrogen-bond acceptors (Lipinski definition) is 7. The topological polar surface area (TPSA) is 110 Å². The summed E-state index contributed by atoms with van der Waals surface area (Å²) in [6.45, 7) is 4.41. The van der Waals surface area contributed by atoms with Gasteiger partial charge in [-0.25, -0.2) is 18.7 Å². The average Bonchev–Trinajstić information content (AvgIpc) is 3.51. The number of nitrogens with one attached hydrogen (secondary N) is 3. The molecule has 0 aliphatic rings. The molecule has 0 atom stereocenters. The van der Waals surface area contributed by atoms with Crippen molar-refractivity contribution in [2.75, 3.05) is 17.2 Å². The Kier molecular flexibility index (Phi) is 9.26. The van der Waals surface area contributed by atoms with E-state index in [2.05, 4.69) is 32.5 Å². The van der Waals surface area contributed by atoms with Crippen molar-refractivity contribution >= 4 is 96.0 Å². The van der Waals surface area contributed by atoms with E-state index >= 15 is 0 Å². The Balaban J connectivity index is 1.48. The van der Waals surface area contributed by atoms with Crippen molar-refractivity contribution < 1.29 is 23.1 Å². The molecule has 0 saturated carbocycles. The summed E-state index contributed by atoms with van der Waals surface area (Å²) in [4.78, 5) is 34.3. The summed E-state index contributed by atoms with van der Waals surface area (Å²) < 4.78 is 34.0. The van der Waals surface area contributed by atoms with Gasteiger partial charge in [0, 0.05) is 30.3 Å². The van der Waals surface area contributed by atoms with Crippen LogP contribution in [-0.4, -0.2) is 39.4 Å². The number of aryl methyl sites for hydroxylation is 1. The summed E-state index contributed by atoms with van der Waals surface area (Å²) >= 11 is 20.4. The molecule has 0 unspecified atom stereocenters. The fourth-order valence-corrected chi connectivity index (χ4v) is 5.85. The van der Waals surface area contributed by atoms with Crippen molar-refractivity contribution in [3.63, 3.8) is 0 Å². The van der Waals surface area contributed by atoms with Crippen LogP contribution in [0.1, 0.15) is 22.8 Å². The number of rotatable bonds is 10. The van der Waals surface area contributed by atoms with Crippen molar-refractivity contribution in [3.8, 4) is 5.75 Å². The van der Waals surface area contributed by atoms with Crippen molar-refractivity contribution in [1.29, 1.82) is 0 Å². The maximum absolute atomic E-state index is 13.4. The number of aromatic nitrogens is 3. The summed E-state index contributed by atoms with van der Waals surface area (Å²) in [5.74, 6) is -0.733. The van der Waals surface area contributed by atoms with Gasteiger partial charge in [0.15, 0.2) is 5.13 Å². The monoisotopic (exact) mass is 678 g/mol. The maximum atomic E-state index is 13.4. The van der Waals surface area contributed by atoms with E-state index < -0.39 is 18.9 Å². The van der Waals surface area contributed by atoms with Crippen LogP contribution in [0, 0.1) is 0 Å². The molecule has 44 heavy (non-hydrogen) atoms. The number of ether oxygens (including phenoxy) is 1. The normalized spacial score (nSPS) is 11.3. The smallest absolute Gasteiger partial charge is 0.272 e. The number of alkyl halides is 2. The third-order valence-electron chi connectivity index (χ3n) is 6.40. The van der Waals surface area contributed by atoms with Crippen molar-refractivity contribution in [2.45, 2.75) is 19.9 Å². The Morgan fingerprint density at radius 1 is 1.09 bits per heavy atom. The van der Waals surface area contributed by atoms with E-state index in [-0.39, 0.29) is 39.8 Å². The molecule has 3 aromatic carbocycles. The van der Waals surface area contributed by atoms with Crippen LogP contribution < -0.4 is 20.7 Å². The number of halogens is 5. The Morgan fingerprint density at radius 3 is 2.59 bits per heavy atom. The van der Waals surface area contributed by atoms with Gasteiger partial charge < -0.3 is 19.9 Å². The molecule has 5 rings (SSSR count). The summed E-state index contributed by atoms with van der Waals surface area (Å²) in [7, 11) is 1.68. The van der Waals surface area contributed by atoms with E-state index in [0.717, 1.165) is 4.70 Å². The zero-order valence-electron chi connectivity index (χ0n) is 23.1. The van der Waals surface area contributed by atoms with Crippen LogP contribution in [-0.2, 0) is 18.4 Å². The van der Waals surface area contributed by atoms with E-state index in [4.69, 9.17) is 39.5 Å². The highest BCUT2D eigenvalue weighted by Crippen LogP contribution is 2.37. The molecule has 2 heterocycles. The lowest BCUT2D eigenvalue weighted by molar-refractivity contribution is -0.117. The van der Waals surface area contributed by atoms with Gasteiger partial charge in [-0.15, -0.1) is 0 Å². The first-order chi connectivity index (χ1) is 20.9. The van der Waals surface area contributed by atoms with E-state index in [1.165, 1.54) is 23.5 Å². The minimum atomic E-state index is -2.77. The lowest BCUT2D eigenvalue weighted by Crippen LogP contribution is -2.23. The number of anilines is 3. The number of fused-ring (bicyclic) bond motifs is 2. The van der Waals surface area contributed by atoms with Gasteiger partial charge in [-0.3, -0.25) is 14.9 Å². The number of amides is 2. The van der Waals surface area contributed by atoms with Gasteiger partial charge in [-0.2, -0.15) is 0 Å². The predicted molar refractivity (Wildman–Crippen MR) is 171 cm³/mol. The molecule has 228 valence electrons. The summed E-state index contributed by atoms with van der Waals surface area (Å²) in [6, 6.07) is 11.3. The molecular weight excluding hydrogens is 657 g/mol. The van der Waals surface area contributed by atoms with Crippen LogP contribution in [0.4, 0.5) is 25.5 Å². The third kappa shape index (κ3) is 6.73. The SMILES string of the molecule is C=C(C)C(=O)NCc1ccc(Cl)c(Nc2nc3cc(C(=O)Nc4nc5ccc(Cl)cc5s4)c(OCC(F)F)cc3n2C)c1Cl. The second kappa shape index (κ2) is 12.9. The number of nitrogens with zero attached hydrogens (tertiary/aromatic N) is 3. The summed E-state index contributed by atoms with van der Waals surface area (Å²) in [6.07, 6.45) is -2.77. The average molecular weight is 680 g/mol. The Labute approximate surface area is 268 Å². The number of imidazole rings is 1. The predicted octanol–water partition coefficient (Wildman–Crippen LogP) is 7.98. The molecule has 15 heteroatoms. The zero-order valence-corrected chi connectivity index (χ0v) is 26.2. The molecular formula is C29H23Cl3F2N6O3S. The largest absolute Gasteiger partial charge is 0.487 e. The van der Waals surface area contributed by atoms with Crippen LogP contribution in [0.5, 0.6) is 5.75 Å². The van der Waals surface area contributed by atoms with Gasteiger partial charge in [-0.05, 0) is 42.8 Å². The standard InChI is InChI=1S/C29H23Cl3F2N6O3S/c1-13(2)26(41)35-11-14-4-6-17(31)25(24(14)32)38-28-36-19-9-16(21(43-12-23(33)34)10-20(19)40(28)3)27(42)39-29-37-18-7-5-15(30)8-22(18)44-29/h4-10,23H,1,11-12H2,2-3H3,(H,35,41)(H,36,38)(H,37,39,42). The van der Waals surface area contributed by atoms with E-state index in [1.54, 1.807) is 48.9 Å². The molecule has 0 saturated heterocycles. The van der Waals surface area contributed by atoms with Crippen molar-refractivity contribution in [2.24, 2.45) is 7.05 Å². The van der Waals surface area contributed by atoms with Gasteiger partial charge in [0.1, 0.15) is 12.4 Å². The van der Waals surface area contributed by atoms with Crippen molar-refractivity contribution in [1.82, 2.24) is 19.9 Å². The number of hydrogen-bond donors (Lipinski definition) is 3. The highest BCUT2D eigenvalue weighted by Gasteiger charge is 2.22. The van der Waals surface area contributed by atoms with Crippen LogP contribution in [0.15, 0.2) is 54.6 Å². The number of thiazole rings is 1. The number of benzene rings is 3. The quantitative estimate of drug-likeness (QED) is 0.129. The molecule has 0 fully saturated rings. The minimum absolute atomic E-state index is 0.0218. The fourth-order valence-electron chi connectivity index (χ4n) is 4.18. The van der Waals surface area contributed by atoms with Gasteiger partial charge in [0.2, 0.25) is 11.9 Å².